The third-order valence-electron chi connectivity index (χ3n) is 2.62. The number of nitrogens with one attached hydrogen (secondary N) is 1. The zero-order valence-electron chi connectivity index (χ0n) is 12.3. The number of rotatable bonds is 7. The fraction of sp³-hybridized carbons (Fsp3) is 0.600. The summed E-state index contributed by atoms with van der Waals surface area (Å²) in [4.78, 5) is 2.08. The van der Waals surface area contributed by atoms with Gasteiger partial charge in [0.1, 0.15) is 5.75 Å². The van der Waals surface area contributed by atoms with Gasteiger partial charge in [0.05, 0.1) is 11.8 Å². The smallest absolute Gasteiger partial charge is 0.143 e. The van der Waals surface area contributed by atoms with Crippen LogP contribution in [0, 0.1) is 0 Å². The molecule has 0 heterocycles. The van der Waals surface area contributed by atoms with Crippen LogP contribution < -0.4 is 15.0 Å². The third kappa shape index (κ3) is 4.57. The topological polar surface area (TPSA) is 24.5 Å². The number of hydrogen-bond acceptors (Lipinski definition) is 3. The molecule has 0 aliphatic carbocycles. The standard InChI is InChI=1S/C15H26N2O/c1-6-9-16-11-13-7-8-14(17(4)5)15(10-13)18-12(2)3/h7-8,10,12,16H,6,9,11H2,1-5H3. The van der Waals surface area contributed by atoms with Gasteiger partial charge in [-0.1, -0.05) is 13.0 Å². The van der Waals surface area contributed by atoms with Crippen LogP contribution in [0.4, 0.5) is 5.69 Å². The average Bonchev–Trinajstić information content (AvgIpc) is 2.28. The molecule has 18 heavy (non-hydrogen) atoms. The molecule has 0 amide bonds. The maximum absolute atomic E-state index is 5.88. The van der Waals surface area contributed by atoms with Gasteiger partial charge < -0.3 is 15.0 Å². The molecule has 0 aliphatic rings. The summed E-state index contributed by atoms with van der Waals surface area (Å²) in [7, 11) is 4.08. The lowest BCUT2D eigenvalue weighted by Crippen LogP contribution is -2.16. The van der Waals surface area contributed by atoms with Gasteiger partial charge in [-0.05, 0) is 44.5 Å². The van der Waals surface area contributed by atoms with Crippen molar-refractivity contribution in [3.05, 3.63) is 23.8 Å². The van der Waals surface area contributed by atoms with Crippen LogP contribution in [-0.2, 0) is 6.54 Å². The molecular weight excluding hydrogens is 224 g/mol. The van der Waals surface area contributed by atoms with Crippen molar-refractivity contribution in [3.8, 4) is 5.75 Å². The van der Waals surface area contributed by atoms with Gasteiger partial charge in [0.15, 0.2) is 0 Å². The summed E-state index contributed by atoms with van der Waals surface area (Å²) in [5.41, 5.74) is 2.40. The van der Waals surface area contributed by atoms with E-state index in [9.17, 15) is 0 Å². The molecule has 0 aliphatic heterocycles. The maximum Gasteiger partial charge on any atom is 0.143 e. The molecule has 3 nitrogen and oxygen atoms in total. The second-order valence-corrected chi connectivity index (χ2v) is 5.04. The van der Waals surface area contributed by atoms with E-state index in [2.05, 4.69) is 49.2 Å². The Morgan fingerprint density at radius 2 is 2.00 bits per heavy atom. The fourth-order valence-electron chi connectivity index (χ4n) is 1.80. The summed E-state index contributed by atoms with van der Waals surface area (Å²) in [6.07, 6.45) is 1.35. The summed E-state index contributed by atoms with van der Waals surface area (Å²) in [6.45, 7) is 8.24. The van der Waals surface area contributed by atoms with Crippen LogP contribution >= 0.6 is 0 Å². The molecule has 0 radical (unpaired) electrons. The number of nitrogens with zero attached hydrogens (tertiary/aromatic N) is 1. The second-order valence-electron chi connectivity index (χ2n) is 5.04. The lowest BCUT2D eigenvalue weighted by molar-refractivity contribution is 0.243. The molecule has 102 valence electrons. The van der Waals surface area contributed by atoms with Crippen molar-refractivity contribution < 1.29 is 4.74 Å². The second kappa shape index (κ2) is 7.27. The zero-order valence-corrected chi connectivity index (χ0v) is 12.3. The lowest BCUT2D eigenvalue weighted by Gasteiger charge is -2.20. The summed E-state index contributed by atoms with van der Waals surface area (Å²) in [5.74, 6) is 0.964. The Hall–Kier alpha value is -1.22. The summed E-state index contributed by atoms with van der Waals surface area (Å²) in [6, 6.07) is 6.42. The molecule has 3 heteroatoms. The van der Waals surface area contributed by atoms with E-state index in [1.807, 2.05) is 14.1 Å². The number of hydrogen-bond donors (Lipinski definition) is 1. The highest BCUT2D eigenvalue weighted by Crippen LogP contribution is 2.29. The van der Waals surface area contributed by atoms with Crippen LogP contribution in [0.2, 0.25) is 0 Å². The first-order chi connectivity index (χ1) is 8.54. The normalized spacial score (nSPS) is 10.8. The molecule has 0 saturated carbocycles. The van der Waals surface area contributed by atoms with E-state index in [1.54, 1.807) is 0 Å². The molecule has 0 aromatic heterocycles. The minimum atomic E-state index is 0.197. The third-order valence-corrected chi connectivity index (χ3v) is 2.62. The molecule has 1 aromatic carbocycles. The Kier molecular flexibility index (Phi) is 5.99. The van der Waals surface area contributed by atoms with Crippen LogP contribution in [0.15, 0.2) is 18.2 Å². The minimum Gasteiger partial charge on any atom is -0.489 e. The first-order valence-corrected chi connectivity index (χ1v) is 6.72. The highest BCUT2D eigenvalue weighted by Gasteiger charge is 2.08. The first kappa shape index (κ1) is 14.8. The molecule has 0 fully saturated rings. The van der Waals surface area contributed by atoms with Gasteiger partial charge in [0, 0.05) is 20.6 Å². The highest BCUT2D eigenvalue weighted by molar-refractivity contribution is 5.59. The molecule has 0 spiro atoms. The van der Waals surface area contributed by atoms with Crippen LogP contribution in [0.25, 0.3) is 0 Å². The molecule has 1 aromatic rings. The fourth-order valence-corrected chi connectivity index (χ4v) is 1.80. The van der Waals surface area contributed by atoms with Crippen LogP contribution in [-0.4, -0.2) is 26.7 Å². The van der Waals surface area contributed by atoms with E-state index >= 15 is 0 Å². The monoisotopic (exact) mass is 250 g/mol. The first-order valence-electron chi connectivity index (χ1n) is 6.72. The summed E-state index contributed by atoms with van der Waals surface area (Å²) >= 11 is 0. The van der Waals surface area contributed by atoms with E-state index in [4.69, 9.17) is 4.74 Å². The van der Waals surface area contributed by atoms with Crippen molar-refractivity contribution in [1.82, 2.24) is 5.32 Å². The van der Waals surface area contributed by atoms with Gasteiger partial charge in [0.2, 0.25) is 0 Å². The van der Waals surface area contributed by atoms with Crippen molar-refractivity contribution in [2.75, 3.05) is 25.5 Å². The number of benzene rings is 1. The van der Waals surface area contributed by atoms with Crippen molar-refractivity contribution in [3.63, 3.8) is 0 Å². The van der Waals surface area contributed by atoms with Crippen LogP contribution in [0.1, 0.15) is 32.8 Å². The number of anilines is 1. The Morgan fingerprint density at radius 1 is 1.28 bits per heavy atom. The highest BCUT2D eigenvalue weighted by atomic mass is 16.5. The largest absolute Gasteiger partial charge is 0.489 e. The van der Waals surface area contributed by atoms with Gasteiger partial charge in [-0.25, -0.2) is 0 Å². The van der Waals surface area contributed by atoms with Gasteiger partial charge >= 0.3 is 0 Å². The van der Waals surface area contributed by atoms with E-state index in [0.717, 1.165) is 30.9 Å². The van der Waals surface area contributed by atoms with Gasteiger partial charge in [-0.2, -0.15) is 0 Å². The molecular formula is C15H26N2O. The zero-order chi connectivity index (χ0) is 13.5. The van der Waals surface area contributed by atoms with Gasteiger partial charge in [0.25, 0.3) is 0 Å². The lowest BCUT2D eigenvalue weighted by atomic mass is 10.1. The Balaban J connectivity index is 2.83. The predicted octanol–water partition coefficient (Wildman–Crippen LogP) is 3.04. The quantitative estimate of drug-likeness (QED) is 0.753. The maximum atomic E-state index is 5.88. The van der Waals surface area contributed by atoms with Crippen molar-refractivity contribution >= 4 is 5.69 Å². The number of ether oxygens (including phenoxy) is 1. The van der Waals surface area contributed by atoms with Crippen molar-refractivity contribution in [2.45, 2.75) is 39.8 Å². The summed E-state index contributed by atoms with van der Waals surface area (Å²) < 4.78 is 5.88. The Labute approximate surface area is 111 Å². The molecule has 1 N–H and O–H groups in total. The summed E-state index contributed by atoms with van der Waals surface area (Å²) in [5, 5.41) is 3.41. The molecule has 0 saturated heterocycles. The van der Waals surface area contributed by atoms with E-state index in [-0.39, 0.29) is 6.10 Å². The molecule has 1 rings (SSSR count). The van der Waals surface area contributed by atoms with Crippen molar-refractivity contribution in [2.24, 2.45) is 0 Å². The molecule has 0 unspecified atom stereocenters. The van der Waals surface area contributed by atoms with E-state index < -0.39 is 0 Å². The molecule has 0 atom stereocenters. The van der Waals surface area contributed by atoms with E-state index in [0.29, 0.717) is 0 Å². The van der Waals surface area contributed by atoms with Crippen LogP contribution in [0.3, 0.4) is 0 Å². The van der Waals surface area contributed by atoms with E-state index in [1.165, 1.54) is 5.56 Å². The van der Waals surface area contributed by atoms with Crippen LogP contribution in [0.5, 0.6) is 5.75 Å². The minimum absolute atomic E-state index is 0.197. The predicted molar refractivity (Wildman–Crippen MR) is 78.5 cm³/mol. The SMILES string of the molecule is CCCNCc1ccc(N(C)C)c(OC(C)C)c1. The van der Waals surface area contributed by atoms with Gasteiger partial charge in [-0.15, -0.1) is 0 Å². The Bertz CT molecular complexity index is 362. The average molecular weight is 250 g/mol. The van der Waals surface area contributed by atoms with Crippen molar-refractivity contribution in [1.29, 1.82) is 0 Å². The molecule has 0 bridgehead atoms. The Morgan fingerprint density at radius 3 is 2.56 bits per heavy atom. The van der Waals surface area contributed by atoms with Gasteiger partial charge in [-0.3, -0.25) is 0 Å².